The Morgan fingerprint density at radius 2 is 2.23 bits per heavy atom. The second-order valence-corrected chi connectivity index (χ2v) is 3.29. The Bertz CT molecular complexity index is 301. The molecule has 0 aromatic heterocycles. The Morgan fingerprint density at radius 1 is 1.38 bits per heavy atom. The molecule has 0 amide bonds. The van der Waals surface area contributed by atoms with Crippen LogP contribution in [0.4, 0.5) is 8.78 Å². The van der Waals surface area contributed by atoms with Crippen LogP contribution >= 0.6 is 0 Å². The molecule has 0 spiro atoms. The van der Waals surface area contributed by atoms with Gasteiger partial charge in [0.1, 0.15) is 12.0 Å². The molecule has 0 radical (unpaired) electrons. The molecule has 1 heterocycles. The predicted octanol–water partition coefficient (Wildman–Crippen LogP) is 2.20. The number of alkyl halides is 1. The van der Waals surface area contributed by atoms with Crippen LogP contribution in [0.5, 0.6) is 0 Å². The quantitative estimate of drug-likeness (QED) is 0.703. The summed E-state index contributed by atoms with van der Waals surface area (Å²) >= 11 is 0. The summed E-state index contributed by atoms with van der Waals surface area (Å²) in [5.74, 6) is -0.307. The first-order valence-electron chi connectivity index (χ1n) is 4.40. The van der Waals surface area contributed by atoms with Crippen molar-refractivity contribution >= 4 is 0 Å². The van der Waals surface area contributed by atoms with Gasteiger partial charge in [0.15, 0.2) is 0 Å². The third kappa shape index (κ3) is 1.70. The third-order valence-corrected chi connectivity index (χ3v) is 2.35. The van der Waals surface area contributed by atoms with Gasteiger partial charge in [0.05, 0.1) is 6.04 Å². The van der Waals surface area contributed by atoms with Crippen molar-refractivity contribution < 1.29 is 8.78 Å². The van der Waals surface area contributed by atoms with E-state index in [1.807, 2.05) is 0 Å². The number of hydrogen-bond acceptors (Lipinski definition) is 1. The lowest BCUT2D eigenvalue weighted by Gasteiger charge is -2.13. The molecule has 70 valence electrons. The lowest BCUT2D eigenvalue weighted by Crippen LogP contribution is -2.18. The van der Waals surface area contributed by atoms with E-state index >= 15 is 0 Å². The van der Waals surface area contributed by atoms with Crippen molar-refractivity contribution in [3.8, 4) is 0 Å². The summed E-state index contributed by atoms with van der Waals surface area (Å²) in [6.07, 6.45) is -0.372. The highest BCUT2D eigenvalue weighted by atomic mass is 19.1. The number of halogens is 2. The minimum Gasteiger partial charge on any atom is -0.307 e. The molecule has 2 rings (SSSR count). The number of rotatable bonds is 1. The van der Waals surface area contributed by atoms with Crippen LogP contribution in [0, 0.1) is 5.82 Å². The topological polar surface area (TPSA) is 12.0 Å². The number of benzene rings is 1. The summed E-state index contributed by atoms with van der Waals surface area (Å²) in [6.45, 7) is 0.669. The van der Waals surface area contributed by atoms with Gasteiger partial charge < -0.3 is 5.32 Å². The van der Waals surface area contributed by atoms with Gasteiger partial charge in [0, 0.05) is 0 Å². The molecular weight excluding hydrogens is 172 g/mol. The van der Waals surface area contributed by atoms with E-state index in [9.17, 15) is 8.78 Å². The summed E-state index contributed by atoms with van der Waals surface area (Å²) in [4.78, 5) is 0. The fraction of sp³-hybridized carbons (Fsp3) is 0.400. The van der Waals surface area contributed by atoms with Gasteiger partial charge in [-0.05, 0) is 30.7 Å². The third-order valence-electron chi connectivity index (χ3n) is 2.35. The van der Waals surface area contributed by atoms with Gasteiger partial charge in [0.2, 0.25) is 0 Å². The minimum absolute atomic E-state index is 0.307. The van der Waals surface area contributed by atoms with E-state index in [1.54, 1.807) is 12.1 Å². The molecule has 1 aromatic rings. The average molecular weight is 183 g/mol. The monoisotopic (exact) mass is 183 g/mol. The number of hydrogen-bond donors (Lipinski definition) is 1. The van der Waals surface area contributed by atoms with Gasteiger partial charge in [0.25, 0.3) is 0 Å². The first kappa shape index (κ1) is 8.63. The smallest absolute Gasteiger partial charge is 0.123 e. The van der Waals surface area contributed by atoms with Crippen molar-refractivity contribution in [1.82, 2.24) is 5.32 Å². The van der Waals surface area contributed by atoms with Gasteiger partial charge in [-0.15, -0.1) is 0 Å². The minimum atomic E-state index is -0.887. The molecule has 1 fully saturated rings. The van der Waals surface area contributed by atoms with E-state index in [1.165, 1.54) is 12.1 Å². The molecule has 2 atom stereocenters. The summed E-state index contributed by atoms with van der Waals surface area (Å²) in [7, 11) is 0. The van der Waals surface area contributed by atoms with Crippen molar-refractivity contribution in [2.75, 3.05) is 6.54 Å². The average Bonchev–Trinajstić information content (AvgIpc) is 2.51. The number of nitrogens with one attached hydrogen (secondary N) is 1. The molecule has 3 heteroatoms. The first-order chi connectivity index (χ1) is 6.27. The predicted molar refractivity (Wildman–Crippen MR) is 46.7 cm³/mol. The van der Waals surface area contributed by atoms with Crippen LogP contribution in [0.2, 0.25) is 0 Å². The summed E-state index contributed by atoms with van der Waals surface area (Å²) in [6, 6.07) is 5.78. The lowest BCUT2D eigenvalue weighted by molar-refractivity contribution is 0.304. The fourth-order valence-corrected chi connectivity index (χ4v) is 1.70. The Kier molecular flexibility index (Phi) is 2.27. The molecule has 0 aliphatic carbocycles. The zero-order valence-electron chi connectivity index (χ0n) is 7.13. The van der Waals surface area contributed by atoms with E-state index < -0.39 is 6.17 Å². The van der Waals surface area contributed by atoms with Crippen molar-refractivity contribution in [2.24, 2.45) is 0 Å². The maximum atomic E-state index is 13.2. The summed E-state index contributed by atoms with van der Waals surface area (Å²) < 4.78 is 26.0. The molecule has 0 saturated carbocycles. The van der Waals surface area contributed by atoms with Crippen LogP contribution < -0.4 is 5.32 Å². The van der Waals surface area contributed by atoms with E-state index in [4.69, 9.17) is 0 Å². The Labute approximate surface area is 75.8 Å². The van der Waals surface area contributed by atoms with Crippen LogP contribution in [-0.2, 0) is 0 Å². The maximum absolute atomic E-state index is 13.2. The molecule has 2 unspecified atom stereocenters. The highest BCUT2D eigenvalue weighted by Crippen LogP contribution is 2.26. The van der Waals surface area contributed by atoms with Crippen molar-refractivity contribution in [2.45, 2.75) is 18.6 Å². The van der Waals surface area contributed by atoms with Crippen LogP contribution in [0.25, 0.3) is 0 Å². The molecule has 1 N–H and O–H groups in total. The normalized spacial score (nSPS) is 27.8. The molecule has 1 nitrogen and oxygen atoms in total. The molecule has 13 heavy (non-hydrogen) atoms. The second-order valence-electron chi connectivity index (χ2n) is 3.29. The van der Waals surface area contributed by atoms with Crippen LogP contribution in [0.15, 0.2) is 24.3 Å². The molecule has 1 aromatic carbocycles. The van der Waals surface area contributed by atoms with E-state index in [0.29, 0.717) is 18.5 Å². The van der Waals surface area contributed by atoms with Crippen molar-refractivity contribution in [3.05, 3.63) is 35.6 Å². The largest absolute Gasteiger partial charge is 0.307 e. The zero-order valence-corrected chi connectivity index (χ0v) is 7.13. The first-order valence-corrected chi connectivity index (χ1v) is 4.40. The van der Waals surface area contributed by atoms with Gasteiger partial charge in [-0.25, -0.2) is 8.78 Å². The van der Waals surface area contributed by atoms with Gasteiger partial charge in [-0.2, -0.15) is 0 Å². The van der Waals surface area contributed by atoms with Crippen LogP contribution in [0.3, 0.4) is 0 Å². The summed E-state index contributed by atoms with van der Waals surface area (Å²) in [5, 5.41) is 3.01. The molecule has 1 aliphatic heterocycles. The van der Waals surface area contributed by atoms with Gasteiger partial charge in [-0.3, -0.25) is 0 Å². The SMILES string of the molecule is Fc1cccc(C2NCCC2F)c1. The van der Waals surface area contributed by atoms with E-state index in [2.05, 4.69) is 5.32 Å². The molecular formula is C10H11F2N. The highest BCUT2D eigenvalue weighted by molar-refractivity contribution is 5.22. The van der Waals surface area contributed by atoms with Crippen molar-refractivity contribution in [3.63, 3.8) is 0 Å². The Balaban J connectivity index is 2.24. The molecule has 1 saturated heterocycles. The lowest BCUT2D eigenvalue weighted by atomic mass is 10.0. The second kappa shape index (κ2) is 3.42. The van der Waals surface area contributed by atoms with Crippen LogP contribution in [-0.4, -0.2) is 12.7 Å². The molecule has 0 bridgehead atoms. The maximum Gasteiger partial charge on any atom is 0.123 e. The van der Waals surface area contributed by atoms with Gasteiger partial charge in [-0.1, -0.05) is 12.1 Å². The van der Waals surface area contributed by atoms with E-state index in [-0.39, 0.29) is 11.9 Å². The van der Waals surface area contributed by atoms with E-state index in [0.717, 1.165) is 0 Å². The van der Waals surface area contributed by atoms with Gasteiger partial charge >= 0.3 is 0 Å². The summed E-state index contributed by atoms with van der Waals surface area (Å²) in [5.41, 5.74) is 0.699. The van der Waals surface area contributed by atoms with Crippen LogP contribution in [0.1, 0.15) is 18.0 Å². The fourth-order valence-electron chi connectivity index (χ4n) is 1.70. The highest BCUT2D eigenvalue weighted by Gasteiger charge is 2.27. The Hall–Kier alpha value is -0.960. The Morgan fingerprint density at radius 3 is 2.85 bits per heavy atom. The zero-order chi connectivity index (χ0) is 9.26. The molecule has 1 aliphatic rings. The van der Waals surface area contributed by atoms with Crippen molar-refractivity contribution in [1.29, 1.82) is 0 Å². The standard InChI is InChI=1S/C10H11F2N/c11-8-3-1-2-7(6-8)10-9(12)4-5-13-10/h1-3,6,9-10,13H,4-5H2.